The molecule has 0 saturated carbocycles. The van der Waals surface area contributed by atoms with Crippen molar-refractivity contribution in [1.29, 1.82) is 0 Å². The molecule has 0 unspecified atom stereocenters. The van der Waals surface area contributed by atoms with Crippen molar-refractivity contribution in [1.82, 2.24) is 0 Å². The first-order chi connectivity index (χ1) is 11.6. The van der Waals surface area contributed by atoms with Gasteiger partial charge in [-0.05, 0) is 71.9 Å². The molecule has 0 heterocycles. The highest BCUT2D eigenvalue weighted by molar-refractivity contribution is 6.02. The zero-order valence-electron chi connectivity index (χ0n) is 15.2. The van der Waals surface area contributed by atoms with Gasteiger partial charge in [-0.3, -0.25) is 0 Å². The van der Waals surface area contributed by atoms with Crippen LogP contribution in [0, 0.1) is 6.92 Å². The lowest BCUT2D eigenvalue weighted by Crippen LogP contribution is -1.99. The third kappa shape index (κ3) is 3.05. The van der Waals surface area contributed by atoms with Gasteiger partial charge in [0.15, 0.2) is 0 Å². The van der Waals surface area contributed by atoms with E-state index in [-0.39, 0.29) is 0 Å². The van der Waals surface area contributed by atoms with E-state index in [0.717, 1.165) is 0 Å². The van der Waals surface area contributed by atoms with Crippen molar-refractivity contribution < 1.29 is 0 Å². The highest BCUT2D eigenvalue weighted by Gasteiger charge is 2.16. The Labute approximate surface area is 146 Å². The van der Waals surface area contributed by atoms with Gasteiger partial charge in [-0.1, -0.05) is 73.9 Å². The molecule has 0 aliphatic rings. The molecule has 0 aromatic heterocycles. The van der Waals surface area contributed by atoms with Crippen LogP contribution in [0.5, 0.6) is 0 Å². The van der Waals surface area contributed by atoms with Crippen LogP contribution in [0.25, 0.3) is 28.5 Å². The summed E-state index contributed by atoms with van der Waals surface area (Å²) in [6, 6.07) is 8.59. The summed E-state index contributed by atoms with van der Waals surface area (Å²) < 4.78 is 0. The smallest absolute Gasteiger partial charge is 0.00674 e. The molecule has 122 valence electrons. The third-order valence-corrected chi connectivity index (χ3v) is 4.43. The molecule has 0 amide bonds. The monoisotopic (exact) mass is 314 g/mol. The molecule has 0 atom stereocenters. The maximum atomic E-state index is 4.10. The minimum absolute atomic E-state index is 1.17. The fourth-order valence-corrected chi connectivity index (χ4v) is 3.26. The van der Waals surface area contributed by atoms with Gasteiger partial charge >= 0.3 is 0 Å². The van der Waals surface area contributed by atoms with Gasteiger partial charge in [0, 0.05) is 0 Å². The van der Waals surface area contributed by atoms with Gasteiger partial charge in [-0.25, -0.2) is 0 Å². The first kappa shape index (κ1) is 17.7. The van der Waals surface area contributed by atoms with E-state index in [2.05, 4.69) is 82.5 Å². The van der Waals surface area contributed by atoms with Crippen molar-refractivity contribution in [3.8, 4) is 0 Å². The SMILES string of the molecule is C=C/C(C)=C(\C=C/C)c1c(C=C)c(/C=C\C)c2ccccc2c1C. The van der Waals surface area contributed by atoms with Crippen LogP contribution in [0.1, 0.15) is 43.0 Å². The second kappa shape index (κ2) is 7.79. The molecule has 0 radical (unpaired) electrons. The predicted octanol–water partition coefficient (Wildman–Crippen LogP) is 7.36. The first-order valence-electron chi connectivity index (χ1n) is 8.37. The largest absolute Gasteiger partial charge is 0.0988 e. The second-order valence-corrected chi connectivity index (χ2v) is 5.88. The standard InChI is InChI=1S/C24H26/c1-7-13-20(17(5)9-3)24-18(6)21-15-11-12-16-23(21)22(14-8-2)19(24)10-4/h7-16H,3-4H2,1-2,5-6H3/b13-7-,14-8-,20-17+. The van der Waals surface area contributed by atoms with E-state index >= 15 is 0 Å². The second-order valence-electron chi connectivity index (χ2n) is 5.88. The Morgan fingerprint density at radius 2 is 1.62 bits per heavy atom. The number of benzene rings is 2. The van der Waals surface area contributed by atoms with Crippen molar-refractivity contribution in [2.45, 2.75) is 27.7 Å². The van der Waals surface area contributed by atoms with E-state index in [4.69, 9.17) is 0 Å². The molecular weight excluding hydrogens is 288 g/mol. The highest BCUT2D eigenvalue weighted by Crippen LogP contribution is 2.37. The number of hydrogen-bond donors (Lipinski definition) is 0. The quantitative estimate of drug-likeness (QED) is 0.506. The van der Waals surface area contributed by atoms with Crippen LogP contribution in [0.4, 0.5) is 0 Å². The molecule has 2 aromatic rings. The van der Waals surface area contributed by atoms with E-state index in [1.807, 2.05) is 19.1 Å². The number of allylic oxidation sites excluding steroid dienone is 6. The van der Waals surface area contributed by atoms with Crippen LogP contribution < -0.4 is 0 Å². The topological polar surface area (TPSA) is 0 Å². The molecule has 0 fully saturated rings. The maximum Gasteiger partial charge on any atom is -0.00674 e. The van der Waals surface area contributed by atoms with Gasteiger partial charge in [-0.2, -0.15) is 0 Å². The van der Waals surface area contributed by atoms with Crippen molar-refractivity contribution in [3.63, 3.8) is 0 Å². The molecule has 0 nitrogen and oxygen atoms in total. The summed E-state index contributed by atoms with van der Waals surface area (Å²) in [6.07, 6.45) is 12.4. The van der Waals surface area contributed by atoms with Gasteiger partial charge < -0.3 is 0 Å². The van der Waals surface area contributed by atoms with Gasteiger partial charge in [0.1, 0.15) is 0 Å². The minimum Gasteiger partial charge on any atom is -0.0988 e. The Morgan fingerprint density at radius 3 is 2.17 bits per heavy atom. The molecule has 0 bridgehead atoms. The van der Waals surface area contributed by atoms with E-state index in [1.165, 1.54) is 44.2 Å². The Hall–Kier alpha value is -2.60. The number of rotatable bonds is 5. The van der Waals surface area contributed by atoms with Crippen LogP contribution in [-0.2, 0) is 0 Å². The summed E-state index contributed by atoms with van der Waals surface area (Å²) in [7, 11) is 0. The lowest BCUT2D eigenvalue weighted by Gasteiger charge is -2.20. The minimum atomic E-state index is 1.17. The van der Waals surface area contributed by atoms with Crippen molar-refractivity contribution in [3.05, 3.63) is 89.6 Å². The molecule has 0 heteroatoms. The zero-order valence-corrected chi connectivity index (χ0v) is 15.2. The van der Waals surface area contributed by atoms with Crippen molar-refractivity contribution in [2.75, 3.05) is 0 Å². The van der Waals surface area contributed by atoms with E-state index in [9.17, 15) is 0 Å². The zero-order chi connectivity index (χ0) is 17.7. The molecule has 2 rings (SSSR count). The third-order valence-electron chi connectivity index (χ3n) is 4.43. The lowest BCUT2D eigenvalue weighted by molar-refractivity contribution is 1.42. The molecule has 0 spiro atoms. The maximum absolute atomic E-state index is 4.10. The normalized spacial score (nSPS) is 12.8. The van der Waals surface area contributed by atoms with Crippen LogP contribution >= 0.6 is 0 Å². The van der Waals surface area contributed by atoms with Crippen LogP contribution in [0.15, 0.2) is 67.3 Å². The molecule has 2 aromatic carbocycles. The molecule has 0 aliphatic heterocycles. The van der Waals surface area contributed by atoms with E-state index in [0.29, 0.717) is 0 Å². The molecule has 0 aliphatic carbocycles. The highest BCUT2D eigenvalue weighted by atomic mass is 14.2. The van der Waals surface area contributed by atoms with Crippen LogP contribution in [0.2, 0.25) is 0 Å². The van der Waals surface area contributed by atoms with E-state index < -0.39 is 0 Å². The lowest BCUT2D eigenvalue weighted by atomic mass is 9.84. The fourth-order valence-electron chi connectivity index (χ4n) is 3.26. The first-order valence-corrected chi connectivity index (χ1v) is 8.37. The molecule has 24 heavy (non-hydrogen) atoms. The Kier molecular flexibility index (Phi) is 5.76. The Morgan fingerprint density at radius 1 is 0.958 bits per heavy atom. The summed E-state index contributed by atoms with van der Waals surface area (Å²) >= 11 is 0. The van der Waals surface area contributed by atoms with Gasteiger partial charge in [0.05, 0.1) is 0 Å². The van der Waals surface area contributed by atoms with Gasteiger partial charge in [0.2, 0.25) is 0 Å². The average Bonchev–Trinajstić information content (AvgIpc) is 2.61. The molecular formula is C24H26. The molecule has 0 saturated heterocycles. The van der Waals surface area contributed by atoms with Crippen LogP contribution in [-0.4, -0.2) is 0 Å². The van der Waals surface area contributed by atoms with E-state index in [1.54, 1.807) is 0 Å². The van der Waals surface area contributed by atoms with Crippen molar-refractivity contribution >= 4 is 28.5 Å². The average molecular weight is 314 g/mol. The fraction of sp³-hybridized carbons (Fsp3) is 0.167. The number of aryl methyl sites for hydroxylation is 1. The summed E-state index contributed by atoms with van der Waals surface area (Å²) in [6.45, 7) is 16.5. The Bertz CT molecular complexity index is 871. The van der Waals surface area contributed by atoms with Crippen molar-refractivity contribution in [2.24, 2.45) is 0 Å². The number of hydrogen-bond acceptors (Lipinski definition) is 0. The summed E-state index contributed by atoms with van der Waals surface area (Å²) in [5.41, 5.74) is 7.30. The summed E-state index contributed by atoms with van der Waals surface area (Å²) in [5.74, 6) is 0. The summed E-state index contributed by atoms with van der Waals surface area (Å²) in [4.78, 5) is 0. The van der Waals surface area contributed by atoms with Gasteiger partial charge in [0.25, 0.3) is 0 Å². The summed E-state index contributed by atoms with van der Waals surface area (Å²) in [5, 5.41) is 2.55. The predicted molar refractivity (Wildman–Crippen MR) is 111 cm³/mol. The Balaban J connectivity index is 3.11. The van der Waals surface area contributed by atoms with Crippen LogP contribution in [0.3, 0.4) is 0 Å². The van der Waals surface area contributed by atoms with Gasteiger partial charge in [-0.15, -0.1) is 0 Å². The molecule has 0 N–H and O–H groups in total. The number of fused-ring (bicyclic) bond motifs is 1.